The molecule has 3 rings (SSSR count). The highest BCUT2D eigenvalue weighted by molar-refractivity contribution is 5.61. The van der Waals surface area contributed by atoms with Gasteiger partial charge in [-0.2, -0.15) is 10.2 Å². The molecule has 2 aromatic carbocycles. The van der Waals surface area contributed by atoms with Crippen molar-refractivity contribution in [2.45, 2.75) is 0 Å². The molecule has 0 aliphatic carbocycles. The first-order chi connectivity index (χ1) is 11.8. The number of nitrogens with zero attached hydrogens (tertiary/aromatic N) is 3. The van der Waals surface area contributed by atoms with E-state index in [0.29, 0.717) is 36.2 Å². The van der Waals surface area contributed by atoms with Gasteiger partial charge < -0.3 is 14.0 Å². The third-order valence-electron chi connectivity index (χ3n) is 3.34. The van der Waals surface area contributed by atoms with E-state index >= 15 is 0 Å². The van der Waals surface area contributed by atoms with E-state index in [-0.39, 0.29) is 0 Å². The number of aromatic nitrogens is 2. The Morgan fingerprint density at radius 3 is 2.67 bits per heavy atom. The number of benzene rings is 2. The van der Waals surface area contributed by atoms with Crippen molar-refractivity contribution >= 4 is 0 Å². The van der Waals surface area contributed by atoms with Gasteiger partial charge in [-0.3, -0.25) is 0 Å². The normalized spacial score (nSPS) is 10.3. The van der Waals surface area contributed by atoms with Gasteiger partial charge in [0.15, 0.2) is 0 Å². The van der Waals surface area contributed by atoms with E-state index in [9.17, 15) is 0 Å². The van der Waals surface area contributed by atoms with E-state index in [1.54, 1.807) is 31.4 Å². The molecular formula is C18H15N3O3. The van der Waals surface area contributed by atoms with Crippen molar-refractivity contribution in [2.24, 2.45) is 0 Å². The summed E-state index contributed by atoms with van der Waals surface area (Å²) in [5.74, 6) is 1.60. The summed E-state index contributed by atoms with van der Waals surface area (Å²) in [6.07, 6.45) is 0. The van der Waals surface area contributed by atoms with Crippen LogP contribution in [0.3, 0.4) is 0 Å². The molecule has 1 heterocycles. The van der Waals surface area contributed by atoms with Gasteiger partial charge in [0.2, 0.25) is 5.82 Å². The first-order valence-corrected chi connectivity index (χ1v) is 7.36. The number of nitriles is 1. The van der Waals surface area contributed by atoms with Gasteiger partial charge in [-0.25, -0.2) is 0 Å². The van der Waals surface area contributed by atoms with Gasteiger partial charge in [0.25, 0.3) is 5.89 Å². The Bertz CT molecular complexity index is 850. The lowest BCUT2D eigenvalue weighted by Crippen LogP contribution is -2.04. The van der Waals surface area contributed by atoms with Crippen molar-refractivity contribution in [2.75, 3.05) is 20.3 Å². The van der Waals surface area contributed by atoms with Crippen molar-refractivity contribution in [3.63, 3.8) is 0 Å². The second-order valence-corrected chi connectivity index (χ2v) is 4.98. The molecule has 0 atom stereocenters. The maximum absolute atomic E-state index is 8.83. The van der Waals surface area contributed by atoms with E-state index in [0.717, 1.165) is 11.1 Å². The molecule has 3 aromatic rings. The van der Waals surface area contributed by atoms with Gasteiger partial charge in [-0.05, 0) is 36.4 Å². The zero-order valence-corrected chi connectivity index (χ0v) is 13.1. The van der Waals surface area contributed by atoms with Gasteiger partial charge >= 0.3 is 0 Å². The number of hydrogen-bond acceptors (Lipinski definition) is 6. The maximum atomic E-state index is 8.83. The van der Waals surface area contributed by atoms with Gasteiger partial charge in [-0.15, -0.1) is 0 Å². The second kappa shape index (κ2) is 7.40. The lowest BCUT2D eigenvalue weighted by Gasteiger charge is -2.05. The molecule has 24 heavy (non-hydrogen) atoms. The van der Waals surface area contributed by atoms with E-state index < -0.39 is 0 Å². The Balaban J connectivity index is 1.79. The summed E-state index contributed by atoms with van der Waals surface area (Å²) in [6, 6.07) is 16.5. The summed E-state index contributed by atoms with van der Waals surface area (Å²) in [4.78, 5) is 4.40. The van der Waals surface area contributed by atoms with Crippen LogP contribution in [0.25, 0.3) is 22.8 Å². The molecule has 1 aromatic heterocycles. The Morgan fingerprint density at radius 2 is 1.92 bits per heavy atom. The molecule has 0 radical (unpaired) electrons. The van der Waals surface area contributed by atoms with Crippen LogP contribution in [0, 0.1) is 11.3 Å². The highest BCUT2D eigenvalue weighted by Crippen LogP contribution is 2.25. The number of methoxy groups -OCH3 is 1. The van der Waals surface area contributed by atoms with Crippen LogP contribution in [0.1, 0.15) is 5.56 Å². The molecule has 0 N–H and O–H groups in total. The fourth-order valence-electron chi connectivity index (χ4n) is 2.11. The maximum Gasteiger partial charge on any atom is 0.258 e. The minimum atomic E-state index is 0.403. The van der Waals surface area contributed by atoms with Gasteiger partial charge in [0, 0.05) is 18.2 Å². The molecule has 0 bridgehead atoms. The van der Waals surface area contributed by atoms with E-state index in [2.05, 4.69) is 16.2 Å². The van der Waals surface area contributed by atoms with Crippen molar-refractivity contribution in [1.82, 2.24) is 10.1 Å². The molecule has 0 saturated heterocycles. The third kappa shape index (κ3) is 3.59. The number of ether oxygens (including phenoxy) is 2. The number of rotatable bonds is 6. The summed E-state index contributed by atoms with van der Waals surface area (Å²) in [6.45, 7) is 0.998. The quantitative estimate of drug-likeness (QED) is 0.648. The van der Waals surface area contributed by atoms with Crippen LogP contribution in [-0.4, -0.2) is 30.5 Å². The SMILES string of the molecule is COCCOc1cccc(-c2noc(-c3ccc(C#N)cc3)n2)c1. The topological polar surface area (TPSA) is 81.2 Å². The van der Waals surface area contributed by atoms with Crippen molar-refractivity contribution in [1.29, 1.82) is 5.26 Å². The Labute approximate surface area is 139 Å². The monoisotopic (exact) mass is 321 g/mol. The fraction of sp³-hybridized carbons (Fsp3) is 0.167. The first kappa shape index (κ1) is 15.7. The van der Waals surface area contributed by atoms with Crippen LogP contribution in [0.5, 0.6) is 5.75 Å². The van der Waals surface area contributed by atoms with Crippen LogP contribution in [0.4, 0.5) is 0 Å². The lowest BCUT2D eigenvalue weighted by molar-refractivity contribution is 0.146. The van der Waals surface area contributed by atoms with E-state index in [4.69, 9.17) is 19.3 Å². The van der Waals surface area contributed by atoms with Crippen LogP contribution in [0.2, 0.25) is 0 Å². The predicted molar refractivity (Wildman–Crippen MR) is 87.3 cm³/mol. The van der Waals surface area contributed by atoms with E-state index in [1.165, 1.54) is 0 Å². The molecule has 0 spiro atoms. The third-order valence-corrected chi connectivity index (χ3v) is 3.34. The Kier molecular flexibility index (Phi) is 4.84. The molecule has 120 valence electrons. The largest absolute Gasteiger partial charge is 0.491 e. The zero-order chi connectivity index (χ0) is 16.8. The molecule has 6 heteroatoms. The lowest BCUT2D eigenvalue weighted by atomic mass is 10.1. The van der Waals surface area contributed by atoms with E-state index in [1.807, 2.05) is 24.3 Å². The molecule has 0 amide bonds. The summed E-state index contributed by atoms with van der Waals surface area (Å²) < 4.78 is 15.9. The molecule has 0 unspecified atom stereocenters. The Morgan fingerprint density at radius 1 is 1.08 bits per heavy atom. The van der Waals surface area contributed by atoms with Crippen LogP contribution in [-0.2, 0) is 4.74 Å². The summed E-state index contributed by atoms with van der Waals surface area (Å²) in [7, 11) is 1.63. The second-order valence-electron chi connectivity index (χ2n) is 4.98. The average molecular weight is 321 g/mol. The smallest absolute Gasteiger partial charge is 0.258 e. The van der Waals surface area contributed by atoms with Crippen molar-refractivity contribution in [3.05, 3.63) is 54.1 Å². The fourth-order valence-corrected chi connectivity index (χ4v) is 2.11. The van der Waals surface area contributed by atoms with Crippen LogP contribution >= 0.6 is 0 Å². The number of hydrogen-bond donors (Lipinski definition) is 0. The summed E-state index contributed by atoms with van der Waals surface area (Å²) in [5.41, 5.74) is 2.15. The van der Waals surface area contributed by atoms with Crippen LogP contribution in [0.15, 0.2) is 53.1 Å². The zero-order valence-electron chi connectivity index (χ0n) is 13.1. The minimum Gasteiger partial charge on any atom is -0.491 e. The minimum absolute atomic E-state index is 0.403. The first-order valence-electron chi connectivity index (χ1n) is 7.36. The predicted octanol–water partition coefficient (Wildman–Crippen LogP) is 3.30. The van der Waals surface area contributed by atoms with Crippen LogP contribution < -0.4 is 4.74 Å². The molecule has 0 aliphatic heterocycles. The summed E-state index contributed by atoms with van der Waals surface area (Å²) in [5, 5.41) is 12.8. The highest BCUT2D eigenvalue weighted by Gasteiger charge is 2.11. The summed E-state index contributed by atoms with van der Waals surface area (Å²) >= 11 is 0. The Hall–Kier alpha value is -3.17. The molecular weight excluding hydrogens is 306 g/mol. The van der Waals surface area contributed by atoms with Gasteiger partial charge in [-0.1, -0.05) is 17.3 Å². The highest BCUT2D eigenvalue weighted by atomic mass is 16.5. The van der Waals surface area contributed by atoms with Crippen molar-refractivity contribution in [3.8, 4) is 34.7 Å². The van der Waals surface area contributed by atoms with Crippen molar-refractivity contribution < 1.29 is 14.0 Å². The average Bonchev–Trinajstić information content (AvgIpc) is 3.12. The van der Waals surface area contributed by atoms with Gasteiger partial charge in [0.1, 0.15) is 12.4 Å². The molecule has 0 aliphatic rings. The molecule has 6 nitrogen and oxygen atoms in total. The molecule has 0 fully saturated rings. The van der Waals surface area contributed by atoms with Gasteiger partial charge in [0.05, 0.1) is 18.2 Å². The molecule has 0 saturated carbocycles. The standard InChI is InChI=1S/C18H15N3O3/c1-22-9-10-23-16-4-2-3-15(11-16)17-20-18(24-21-17)14-7-5-13(12-19)6-8-14/h2-8,11H,9-10H2,1H3.